The lowest BCUT2D eigenvalue weighted by Gasteiger charge is -2.04. The zero-order valence-corrected chi connectivity index (χ0v) is 9.25. The first kappa shape index (κ1) is 10.6. The van der Waals surface area contributed by atoms with Gasteiger partial charge >= 0.3 is 5.69 Å². The normalized spacial score (nSPS) is 13.1. The second-order valence-corrected chi connectivity index (χ2v) is 4.00. The third kappa shape index (κ3) is 1.42. The van der Waals surface area contributed by atoms with E-state index in [0.29, 0.717) is 24.2 Å². The SMILES string of the molecule is O=Cc1ccc2cc3c(nc2c1[N+](=O)[O-])OCC3. The molecule has 3 rings (SSSR count). The van der Waals surface area contributed by atoms with Crippen molar-refractivity contribution in [2.45, 2.75) is 6.42 Å². The van der Waals surface area contributed by atoms with E-state index in [4.69, 9.17) is 4.74 Å². The van der Waals surface area contributed by atoms with Crippen molar-refractivity contribution < 1.29 is 14.5 Å². The number of carbonyl (C=O) groups is 1. The van der Waals surface area contributed by atoms with E-state index in [1.54, 1.807) is 6.07 Å². The first-order chi connectivity index (χ1) is 8.70. The van der Waals surface area contributed by atoms with Crippen LogP contribution in [0.25, 0.3) is 10.9 Å². The number of aromatic nitrogens is 1. The lowest BCUT2D eigenvalue weighted by atomic mass is 10.1. The highest BCUT2D eigenvalue weighted by molar-refractivity contribution is 5.97. The average molecular weight is 244 g/mol. The zero-order valence-electron chi connectivity index (χ0n) is 9.25. The number of nitrogens with zero attached hydrogens (tertiary/aromatic N) is 2. The van der Waals surface area contributed by atoms with Gasteiger partial charge in [0.25, 0.3) is 0 Å². The molecule has 0 fully saturated rings. The highest BCUT2D eigenvalue weighted by Gasteiger charge is 2.23. The van der Waals surface area contributed by atoms with Crippen LogP contribution in [-0.2, 0) is 6.42 Å². The van der Waals surface area contributed by atoms with E-state index < -0.39 is 4.92 Å². The number of benzene rings is 1. The van der Waals surface area contributed by atoms with Gasteiger partial charge in [0.15, 0.2) is 11.8 Å². The molecule has 1 aromatic heterocycles. The van der Waals surface area contributed by atoms with Gasteiger partial charge in [-0.25, -0.2) is 4.98 Å². The summed E-state index contributed by atoms with van der Waals surface area (Å²) >= 11 is 0. The Labute approximate surface area is 101 Å². The lowest BCUT2D eigenvalue weighted by molar-refractivity contribution is -0.383. The maximum absolute atomic E-state index is 11.1. The molecule has 0 aliphatic carbocycles. The van der Waals surface area contributed by atoms with Gasteiger partial charge in [-0.3, -0.25) is 14.9 Å². The maximum atomic E-state index is 11.1. The van der Waals surface area contributed by atoms with Crippen LogP contribution in [0.3, 0.4) is 0 Å². The third-order valence-corrected chi connectivity index (χ3v) is 2.95. The number of nitro groups is 1. The van der Waals surface area contributed by atoms with Crippen LogP contribution in [-0.4, -0.2) is 22.8 Å². The number of nitro benzene ring substituents is 1. The average Bonchev–Trinajstić information content (AvgIpc) is 2.81. The number of aldehydes is 1. The summed E-state index contributed by atoms with van der Waals surface area (Å²) in [5.41, 5.74) is 0.902. The van der Waals surface area contributed by atoms with E-state index in [2.05, 4.69) is 4.98 Å². The van der Waals surface area contributed by atoms with E-state index >= 15 is 0 Å². The van der Waals surface area contributed by atoms with Crippen LogP contribution in [0.5, 0.6) is 5.88 Å². The molecular weight excluding hydrogens is 236 g/mol. The summed E-state index contributed by atoms with van der Waals surface area (Å²) < 4.78 is 5.29. The third-order valence-electron chi connectivity index (χ3n) is 2.95. The second-order valence-electron chi connectivity index (χ2n) is 4.00. The van der Waals surface area contributed by atoms with Gasteiger partial charge in [-0.1, -0.05) is 6.07 Å². The number of ether oxygens (including phenoxy) is 1. The van der Waals surface area contributed by atoms with Crippen LogP contribution >= 0.6 is 0 Å². The number of hydrogen-bond donors (Lipinski definition) is 0. The Morgan fingerprint density at radius 1 is 1.44 bits per heavy atom. The molecule has 1 aliphatic rings. The molecular formula is C12H8N2O4. The molecule has 6 nitrogen and oxygen atoms in total. The summed E-state index contributed by atoms with van der Waals surface area (Å²) in [6, 6.07) is 4.93. The van der Waals surface area contributed by atoms with Crippen LogP contribution in [0, 0.1) is 10.1 Å². The number of hydrogen-bond acceptors (Lipinski definition) is 5. The molecule has 1 aromatic carbocycles. The molecule has 0 bridgehead atoms. The van der Waals surface area contributed by atoms with Crippen LogP contribution in [0.2, 0.25) is 0 Å². The van der Waals surface area contributed by atoms with Crippen molar-refractivity contribution in [1.29, 1.82) is 0 Å². The largest absolute Gasteiger partial charge is 0.477 e. The molecule has 0 amide bonds. The Morgan fingerprint density at radius 2 is 2.28 bits per heavy atom. The number of fused-ring (bicyclic) bond motifs is 2. The Kier molecular flexibility index (Phi) is 2.22. The molecule has 6 heteroatoms. The van der Waals surface area contributed by atoms with Gasteiger partial charge in [0.05, 0.1) is 17.1 Å². The van der Waals surface area contributed by atoms with Gasteiger partial charge in [-0.2, -0.15) is 0 Å². The fraction of sp³-hybridized carbons (Fsp3) is 0.167. The Morgan fingerprint density at radius 3 is 3.00 bits per heavy atom. The van der Waals surface area contributed by atoms with Gasteiger partial charge in [-0.05, 0) is 12.1 Å². The first-order valence-electron chi connectivity index (χ1n) is 5.39. The minimum absolute atomic E-state index is 0.0259. The summed E-state index contributed by atoms with van der Waals surface area (Å²) in [4.78, 5) is 25.5. The molecule has 0 saturated heterocycles. The molecule has 1 aliphatic heterocycles. The van der Waals surface area contributed by atoms with Crippen molar-refractivity contribution in [2.75, 3.05) is 6.61 Å². The van der Waals surface area contributed by atoms with Crippen molar-refractivity contribution >= 4 is 22.9 Å². The lowest BCUT2D eigenvalue weighted by Crippen LogP contribution is -1.98. The maximum Gasteiger partial charge on any atom is 0.306 e. The summed E-state index contributed by atoms with van der Waals surface area (Å²) in [5.74, 6) is 0.425. The van der Waals surface area contributed by atoms with Crippen LogP contribution in [0.15, 0.2) is 18.2 Å². The van der Waals surface area contributed by atoms with Gasteiger partial charge < -0.3 is 4.74 Å². The van der Waals surface area contributed by atoms with Gasteiger partial charge in [0, 0.05) is 17.4 Å². The monoisotopic (exact) mass is 244 g/mol. The van der Waals surface area contributed by atoms with Crippen LogP contribution < -0.4 is 4.74 Å². The van der Waals surface area contributed by atoms with Crippen molar-refractivity contribution in [3.8, 4) is 5.88 Å². The minimum Gasteiger partial charge on any atom is -0.477 e. The Hall–Kier alpha value is -2.50. The highest BCUT2D eigenvalue weighted by Crippen LogP contribution is 2.33. The molecule has 2 heterocycles. The molecule has 0 spiro atoms. The minimum atomic E-state index is -0.583. The smallest absolute Gasteiger partial charge is 0.306 e. The van der Waals surface area contributed by atoms with Gasteiger partial charge in [-0.15, -0.1) is 0 Å². The fourth-order valence-corrected chi connectivity index (χ4v) is 2.12. The van der Waals surface area contributed by atoms with E-state index in [0.717, 1.165) is 12.0 Å². The van der Waals surface area contributed by atoms with E-state index in [9.17, 15) is 14.9 Å². The van der Waals surface area contributed by atoms with Crippen molar-refractivity contribution in [2.24, 2.45) is 0 Å². The van der Waals surface area contributed by atoms with Crippen molar-refractivity contribution in [3.63, 3.8) is 0 Å². The second kappa shape index (κ2) is 3.76. The molecule has 0 N–H and O–H groups in total. The summed E-state index contributed by atoms with van der Waals surface area (Å²) in [5, 5.41) is 11.7. The highest BCUT2D eigenvalue weighted by atomic mass is 16.6. The predicted octanol–water partition coefficient (Wildman–Crippen LogP) is 1.89. The number of pyridine rings is 1. The Balaban J connectivity index is 2.39. The van der Waals surface area contributed by atoms with E-state index in [1.165, 1.54) is 6.07 Å². The first-order valence-corrected chi connectivity index (χ1v) is 5.39. The molecule has 0 atom stereocenters. The van der Waals surface area contributed by atoms with Crippen molar-refractivity contribution in [3.05, 3.63) is 39.4 Å². The topological polar surface area (TPSA) is 82.3 Å². The van der Waals surface area contributed by atoms with Crippen LogP contribution in [0.1, 0.15) is 15.9 Å². The zero-order chi connectivity index (χ0) is 12.7. The molecule has 0 unspecified atom stereocenters. The van der Waals surface area contributed by atoms with Gasteiger partial charge in [0.1, 0.15) is 0 Å². The quantitative estimate of drug-likeness (QED) is 0.457. The number of carbonyl (C=O) groups excluding carboxylic acids is 1. The summed E-state index contributed by atoms with van der Waals surface area (Å²) in [6.07, 6.45) is 1.22. The molecule has 18 heavy (non-hydrogen) atoms. The number of rotatable bonds is 2. The molecule has 2 aromatic rings. The summed E-state index contributed by atoms with van der Waals surface area (Å²) in [7, 11) is 0. The predicted molar refractivity (Wildman–Crippen MR) is 63.0 cm³/mol. The standard InChI is InChI=1S/C12H8N2O4/c15-6-9-2-1-7-5-8-3-4-18-12(8)13-10(7)11(9)14(16)17/h1-2,5-6H,3-4H2. The molecule has 0 saturated carbocycles. The van der Waals surface area contributed by atoms with Crippen LogP contribution in [0.4, 0.5) is 5.69 Å². The van der Waals surface area contributed by atoms with E-state index in [1.807, 2.05) is 6.07 Å². The van der Waals surface area contributed by atoms with E-state index in [-0.39, 0.29) is 16.8 Å². The fourth-order valence-electron chi connectivity index (χ4n) is 2.12. The molecule has 0 radical (unpaired) electrons. The Bertz CT molecular complexity index is 681. The van der Waals surface area contributed by atoms with Gasteiger partial charge in [0.2, 0.25) is 5.88 Å². The van der Waals surface area contributed by atoms with Crippen molar-refractivity contribution in [1.82, 2.24) is 4.98 Å². The molecule has 90 valence electrons. The summed E-state index contributed by atoms with van der Waals surface area (Å²) in [6.45, 7) is 0.535.